The standard InChI is InChI=1S/C12H15Br2NO3S/c1-7-5-10(14)12(6-9(7)13)19(16,17)15-11-3-4-18-8(11)2/h5-6,8,11,15H,3-4H2,1-2H3. The zero-order valence-corrected chi connectivity index (χ0v) is 14.6. The molecule has 0 aliphatic carbocycles. The van der Waals surface area contributed by atoms with Crippen LogP contribution >= 0.6 is 31.9 Å². The van der Waals surface area contributed by atoms with E-state index in [0.717, 1.165) is 10.0 Å². The average Bonchev–Trinajstić information content (AvgIpc) is 2.69. The zero-order valence-electron chi connectivity index (χ0n) is 10.6. The summed E-state index contributed by atoms with van der Waals surface area (Å²) in [7, 11) is -3.55. The second-order valence-electron chi connectivity index (χ2n) is 4.62. The Bertz CT molecular complexity index is 589. The quantitative estimate of drug-likeness (QED) is 0.830. The summed E-state index contributed by atoms with van der Waals surface area (Å²) in [5.74, 6) is 0. The van der Waals surface area contributed by atoms with Crippen LogP contribution in [-0.2, 0) is 14.8 Å². The highest BCUT2D eigenvalue weighted by Gasteiger charge is 2.30. The summed E-state index contributed by atoms with van der Waals surface area (Å²) >= 11 is 6.67. The van der Waals surface area contributed by atoms with Gasteiger partial charge in [0.05, 0.1) is 17.0 Å². The van der Waals surface area contributed by atoms with E-state index < -0.39 is 10.0 Å². The molecule has 1 aliphatic rings. The van der Waals surface area contributed by atoms with E-state index in [9.17, 15) is 8.42 Å². The predicted molar refractivity (Wildman–Crippen MR) is 80.7 cm³/mol. The van der Waals surface area contributed by atoms with Gasteiger partial charge in [-0.05, 0) is 53.9 Å². The van der Waals surface area contributed by atoms with Gasteiger partial charge in [0, 0.05) is 15.6 Å². The molecule has 4 nitrogen and oxygen atoms in total. The van der Waals surface area contributed by atoms with E-state index in [2.05, 4.69) is 36.6 Å². The lowest BCUT2D eigenvalue weighted by Crippen LogP contribution is -2.39. The van der Waals surface area contributed by atoms with E-state index in [4.69, 9.17) is 4.74 Å². The molecule has 7 heteroatoms. The molecule has 1 aromatic carbocycles. The maximum Gasteiger partial charge on any atom is 0.242 e. The molecule has 106 valence electrons. The molecular weight excluding hydrogens is 398 g/mol. The molecule has 0 spiro atoms. The number of benzene rings is 1. The van der Waals surface area contributed by atoms with Crippen LogP contribution in [0.25, 0.3) is 0 Å². The van der Waals surface area contributed by atoms with E-state index in [1.807, 2.05) is 13.8 Å². The summed E-state index contributed by atoms with van der Waals surface area (Å²) < 4.78 is 34.2. The van der Waals surface area contributed by atoms with Crippen LogP contribution in [-0.4, -0.2) is 27.2 Å². The van der Waals surface area contributed by atoms with Gasteiger partial charge in [0.2, 0.25) is 10.0 Å². The number of sulfonamides is 1. The van der Waals surface area contributed by atoms with Crippen molar-refractivity contribution in [2.75, 3.05) is 6.61 Å². The third kappa shape index (κ3) is 3.39. The van der Waals surface area contributed by atoms with Crippen molar-refractivity contribution in [3.05, 3.63) is 26.6 Å². The first-order valence-electron chi connectivity index (χ1n) is 5.91. The number of hydrogen-bond acceptors (Lipinski definition) is 3. The second-order valence-corrected chi connectivity index (χ2v) is 8.02. The fourth-order valence-electron chi connectivity index (χ4n) is 1.98. The van der Waals surface area contributed by atoms with Gasteiger partial charge in [0.25, 0.3) is 0 Å². The molecule has 1 fully saturated rings. The summed E-state index contributed by atoms with van der Waals surface area (Å²) in [6.07, 6.45) is 0.604. The third-order valence-corrected chi connectivity index (χ3v) is 6.49. The summed E-state index contributed by atoms with van der Waals surface area (Å²) in [6, 6.07) is 3.23. The number of nitrogens with one attached hydrogen (secondary N) is 1. The van der Waals surface area contributed by atoms with E-state index in [-0.39, 0.29) is 17.0 Å². The van der Waals surface area contributed by atoms with Gasteiger partial charge in [-0.25, -0.2) is 13.1 Å². The average molecular weight is 413 g/mol. The van der Waals surface area contributed by atoms with Gasteiger partial charge in [-0.1, -0.05) is 15.9 Å². The largest absolute Gasteiger partial charge is 0.377 e. The molecule has 1 aliphatic heterocycles. The lowest BCUT2D eigenvalue weighted by molar-refractivity contribution is 0.117. The van der Waals surface area contributed by atoms with Crippen molar-refractivity contribution in [2.45, 2.75) is 37.3 Å². The lowest BCUT2D eigenvalue weighted by Gasteiger charge is -2.17. The minimum absolute atomic E-state index is 0.0950. The highest BCUT2D eigenvalue weighted by Crippen LogP contribution is 2.29. The van der Waals surface area contributed by atoms with Crippen molar-refractivity contribution in [3.63, 3.8) is 0 Å². The smallest absolute Gasteiger partial charge is 0.242 e. The number of aryl methyl sites for hydroxylation is 1. The highest BCUT2D eigenvalue weighted by atomic mass is 79.9. The Hall–Kier alpha value is 0.0500. The SMILES string of the molecule is Cc1cc(Br)c(S(=O)(=O)NC2CCOC2C)cc1Br. The number of halogens is 2. The Morgan fingerprint density at radius 3 is 2.58 bits per heavy atom. The van der Waals surface area contributed by atoms with E-state index in [1.54, 1.807) is 12.1 Å². The van der Waals surface area contributed by atoms with Crippen molar-refractivity contribution in [2.24, 2.45) is 0 Å². The van der Waals surface area contributed by atoms with Crippen LogP contribution in [0.3, 0.4) is 0 Å². The number of hydrogen-bond donors (Lipinski definition) is 1. The summed E-state index contributed by atoms with van der Waals surface area (Å²) in [5, 5.41) is 0. The Morgan fingerprint density at radius 2 is 2.00 bits per heavy atom. The molecule has 0 amide bonds. The normalized spacial score (nSPS) is 23.8. The van der Waals surface area contributed by atoms with E-state index in [0.29, 0.717) is 17.5 Å². The van der Waals surface area contributed by atoms with Gasteiger partial charge in [-0.3, -0.25) is 0 Å². The molecule has 1 saturated heterocycles. The molecule has 2 rings (SSSR count). The topological polar surface area (TPSA) is 55.4 Å². The Balaban J connectivity index is 2.32. The molecule has 1 heterocycles. The van der Waals surface area contributed by atoms with Gasteiger partial charge in [0.1, 0.15) is 0 Å². The van der Waals surface area contributed by atoms with Crippen molar-refractivity contribution in [3.8, 4) is 0 Å². The Labute approximate surface area is 130 Å². The maximum absolute atomic E-state index is 12.4. The van der Waals surface area contributed by atoms with Gasteiger partial charge in [-0.15, -0.1) is 0 Å². The molecule has 2 atom stereocenters. The van der Waals surface area contributed by atoms with E-state index >= 15 is 0 Å². The minimum atomic E-state index is -3.55. The van der Waals surface area contributed by atoms with Crippen molar-refractivity contribution >= 4 is 41.9 Å². The maximum atomic E-state index is 12.4. The number of ether oxygens (including phenoxy) is 1. The summed E-state index contributed by atoms with van der Waals surface area (Å²) in [6.45, 7) is 4.37. The molecule has 0 aromatic heterocycles. The Kier molecular flexibility index (Phi) is 4.72. The van der Waals surface area contributed by atoms with Crippen LogP contribution in [0.15, 0.2) is 26.0 Å². The van der Waals surface area contributed by atoms with Gasteiger partial charge >= 0.3 is 0 Å². The third-order valence-electron chi connectivity index (χ3n) is 3.19. The van der Waals surface area contributed by atoms with Gasteiger partial charge in [-0.2, -0.15) is 0 Å². The monoisotopic (exact) mass is 411 g/mol. The molecule has 2 unspecified atom stereocenters. The molecule has 19 heavy (non-hydrogen) atoms. The molecule has 0 radical (unpaired) electrons. The predicted octanol–water partition coefficient (Wildman–Crippen LogP) is 2.98. The van der Waals surface area contributed by atoms with Crippen LogP contribution in [0.5, 0.6) is 0 Å². The van der Waals surface area contributed by atoms with Crippen molar-refractivity contribution in [1.82, 2.24) is 4.72 Å². The van der Waals surface area contributed by atoms with E-state index in [1.165, 1.54) is 0 Å². The van der Waals surface area contributed by atoms with Crippen LogP contribution in [0.1, 0.15) is 18.9 Å². The zero-order chi connectivity index (χ0) is 14.2. The summed E-state index contributed by atoms with van der Waals surface area (Å²) in [5.41, 5.74) is 0.975. The summed E-state index contributed by atoms with van der Waals surface area (Å²) in [4.78, 5) is 0.240. The van der Waals surface area contributed by atoms with Gasteiger partial charge < -0.3 is 4.74 Å². The van der Waals surface area contributed by atoms with Crippen molar-refractivity contribution in [1.29, 1.82) is 0 Å². The minimum Gasteiger partial charge on any atom is -0.377 e. The molecule has 1 N–H and O–H groups in total. The lowest BCUT2D eigenvalue weighted by atomic mass is 10.2. The first-order chi connectivity index (χ1) is 8.81. The van der Waals surface area contributed by atoms with Crippen molar-refractivity contribution < 1.29 is 13.2 Å². The fourth-order valence-corrected chi connectivity index (χ4v) is 5.00. The van der Waals surface area contributed by atoms with Crippen LogP contribution in [0.2, 0.25) is 0 Å². The molecule has 0 saturated carbocycles. The van der Waals surface area contributed by atoms with Gasteiger partial charge in [0.15, 0.2) is 0 Å². The fraction of sp³-hybridized carbons (Fsp3) is 0.500. The first kappa shape index (κ1) is 15.4. The van der Waals surface area contributed by atoms with Crippen LogP contribution in [0.4, 0.5) is 0 Å². The second kappa shape index (κ2) is 5.81. The van der Waals surface area contributed by atoms with Crippen LogP contribution < -0.4 is 4.72 Å². The first-order valence-corrected chi connectivity index (χ1v) is 8.98. The molecule has 0 bridgehead atoms. The highest BCUT2D eigenvalue weighted by molar-refractivity contribution is 9.11. The number of rotatable bonds is 3. The Morgan fingerprint density at radius 1 is 1.32 bits per heavy atom. The molecular formula is C12H15Br2NO3S. The molecule has 1 aromatic rings. The van der Waals surface area contributed by atoms with Crippen LogP contribution in [0, 0.1) is 6.92 Å².